The third-order valence-electron chi connectivity index (χ3n) is 5.23. The average molecular weight is 415 g/mol. The average Bonchev–Trinajstić information content (AvgIpc) is 3.08. The Hall–Kier alpha value is -2.67. The first-order valence-electron chi connectivity index (χ1n) is 9.80. The van der Waals surface area contributed by atoms with Gasteiger partial charge in [0.15, 0.2) is 9.84 Å². The van der Waals surface area contributed by atoms with Crippen LogP contribution in [-0.4, -0.2) is 49.2 Å². The van der Waals surface area contributed by atoms with Crippen LogP contribution in [0.15, 0.2) is 60.7 Å². The zero-order valence-corrected chi connectivity index (χ0v) is 17.3. The molecule has 2 aromatic carbocycles. The van der Waals surface area contributed by atoms with Gasteiger partial charge in [-0.3, -0.25) is 9.59 Å². The van der Waals surface area contributed by atoms with Crippen molar-refractivity contribution in [2.24, 2.45) is 0 Å². The van der Waals surface area contributed by atoms with Crippen LogP contribution in [0.1, 0.15) is 41.7 Å². The number of rotatable bonds is 7. The highest BCUT2D eigenvalue weighted by Crippen LogP contribution is 2.23. The molecular weight excluding hydrogens is 388 g/mol. The number of nitrogens with zero attached hydrogens (tertiary/aromatic N) is 1. The Morgan fingerprint density at radius 2 is 1.69 bits per heavy atom. The van der Waals surface area contributed by atoms with E-state index in [0.717, 1.165) is 5.56 Å². The van der Waals surface area contributed by atoms with E-state index in [1.165, 1.54) is 0 Å². The fourth-order valence-corrected chi connectivity index (χ4v) is 5.45. The predicted molar refractivity (Wildman–Crippen MR) is 112 cm³/mol. The van der Waals surface area contributed by atoms with Crippen LogP contribution in [0, 0.1) is 0 Å². The van der Waals surface area contributed by atoms with Crippen molar-refractivity contribution in [2.75, 3.05) is 18.1 Å². The zero-order valence-electron chi connectivity index (χ0n) is 16.5. The molecule has 0 aliphatic carbocycles. The van der Waals surface area contributed by atoms with E-state index in [4.69, 9.17) is 0 Å². The van der Waals surface area contributed by atoms with Gasteiger partial charge >= 0.3 is 0 Å². The molecule has 6 nitrogen and oxygen atoms in total. The maximum Gasteiger partial charge on any atom is 0.251 e. The maximum absolute atomic E-state index is 13.1. The quantitative estimate of drug-likeness (QED) is 0.755. The largest absolute Gasteiger partial charge is 0.345 e. The summed E-state index contributed by atoms with van der Waals surface area (Å²) in [5.41, 5.74) is 1.36. The van der Waals surface area contributed by atoms with E-state index >= 15 is 0 Å². The van der Waals surface area contributed by atoms with Crippen molar-refractivity contribution in [2.45, 2.75) is 31.8 Å². The van der Waals surface area contributed by atoms with E-state index in [1.54, 1.807) is 29.2 Å². The molecule has 1 aliphatic rings. The van der Waals surface area contributed by atoms with Crippen molar-refractivity contribution < 1.29 is 18.0 Å². The number of hydrogen-bond acceptors (Lipinski definition) is 4. The van der Waals surface area contributed by atoms with Crippen molar-refractivity contribution in [1.82, 2.24) is 10.2 Å². The molecule has 1 N–H and O–H groups in total. The zero-order chi connectivity index (χ0) is 20.9. The van der Waals surface area contributed by atoms with Gasteiger partial charge in [0.25, 0.3) is 5.91 Å². The third kappa shape index (κ3) is 5.44. The summed E-state index contributed by atoms with van der Waals surface area (Å²) in [6, 6.07) is 17.4. The highest BCUT2D eigenvalue weighted by molar-refractivity contribution is 7.91. The van der Waals surface area contributed by atoms with Gasteiger partial charge in [0.2, 0.25) is 5.91 Å². The third-order valence-corrected chi connectivity index (χ3v) is 6.98. The number of sulfone groups is 1. The Morgan fingerprint density at radius 1 is 1.07 bits per heavy atom. The van der Waals surface area contributed by atoms with Crippen LogP contribution in [0.25, 0.3) is 0 Å². The predicted octanol–water partition coefficient (Wildman–Crippen LogP) is 2.58. The molecular formula is C22H26N2O4S. The molecule has 0 saturated carbocycles. The van der Waals surface area contributed by atoms with Gasteiger partial charge < -0.3 is 10.2 Å². The Balaban J connectivity index is 1.77. The minimum absolute atomic E-state index is 0.0129. The standard InChI is InChI=1S/C22H26N2O4S/c1-2-24(19-13-14-29(27,28)16-19)21(25)15-20(17-9-5-3-6-10-17)23-22(26)18-11-7-4-8-12-18/h3-12,19-20H,2,13-16H2,1H3,(H,23,26). The van der Waals surface area contributed by atoms with Crippen molar-refractivity contribution in [3.63, 3.8) is 0 Å². The first-order chi connectivity index (χ1) is 13.9. The summed E-state index contributed by atoms with van der Waals surface area (Å²) in [5.74, 6) is -0.275. The second-order valence-electron chi connectivity index (χ2n) is 7.24. The monoisotopic (exact) mass is 414 g/mol. The van der Waals surface area contributed by atoms with Gasteiger partial charge in [-0.05, 0) is 31.0 Å². The SMILES string of the molecule is CCN(C(=O)CC(NC(=O)c1ccccc1)c1ccccc1)C1CCS(=O)(=O)C1. The van der Waals surface area contributed by atoms with E-state index in [0.29, 0.717) is 18.5 Å². The molecule has 2 aromatic rings. The van der Waals surface area contributed by atoms with Crippen molar-refractivity contribution >= 4 is 21.7 Å². The smallest absolute Gasteiger partial charge is 0.251 e. The van der Waals surface area contributed by atoms with Crippen LogP contribution in [-0.2, 0) is 14.6 Å². The van der Waals surface area contributed by atoms with Gasteiger partial charge in [-0.1, -0.05) is 48.5 Å². The normalized spacial score (nSPS) is 18.7. The Morgan fingerprint density at radius 3 is 2.24 bits per heavy atom. The van der Waals surface area contributed by atoms with Crippen molar-refractivity contribution in [3.05, 3.63) is 71.8 Å². The second kappa shape index (κ2) is 9.22. The summed E-state index contributed by atoms with van der Waals surface area (Å²) in [4.78, 5) is 27.4. The number of carbonyl (C=O) groups is 2. The molecule has 7 heteroatoms. The number of carbonyl (C=O) groups excluding carboxylic acids is 2. The lowest BCUT2D eigenvalue weighted by molar-refractivity contribution is -0.133. The summed E-state index contributed by atoms with van der Waals surface area (Å²) in [5, 5.41) is 2.96. The minimum Gasteiger partial charge on any atom is -0.345 e. The Kier molecular flexibility index (Phi) is 6.69. The lowest BCUT2D eigenvalue weighted by atomic mass is 10.0. The molecule has 29 heavy (non-hydrogen) atoms. The molecule has 2 unspecified atom stereocenters. The number of amides is 2. The highest BCUT2D eigenvalue weighted by atomic mass is 32.2. The number of nitrogens with one attached hydrogen (secondary N) is 1. The van der Waals surface area contributed by atoms with Gasteiger partial charge in [-0.25, -0.2) is 8.42 Å². The molecule has 0 aromatic heterocycles. The van der Waals surface area contributed by atoms with E-state index in [1.807, 2.05) is 43.3 Å². The summed E-state index contributed by atoms with van der Waals surface area (Å²) in [6.07, 6.45) is 0.543. The molecule has 1 fully saturated rings. The van der Waals surface area contributed by atoms with Crippen LogP contribution in [0.3, 0.4) is 0 Å². The van der Waals surface area contributed by atoms with E-state index in [-0.39, 0.29) is 35.8 Å². The van der Waals surface area contributed by atoms with Crippen LogP contribution in [0.4, 0.5) is 0 Å². The fraction of sp³-hybridized carbons (Fsp3) is 0.364. The molecule has 0 spiro atoms. The summed E-state index contributed by atoms with van der Waals surface area (Å²) in [6.45, 7) is 2.29. The minimum atomic E-state index is -3.08. The summed E-state index contributed by atoms with van der Waals surface area (Å²) < 4.78 is 23.7. The molecule has 2 atom stereocenters. The van der Waals surface area contributed by atoms with Gasteiger partial charge in [-0.15, -0.1) is 0 Å². The maximum atomic E-state index is 13.1. The Bertz CT molecular complexity index is 945. The van der Waals surface area contributed by atoms with Gasteiger partial charge in [0.05, 0.1) is 24.0 Å². The summed E-state index contributed by atoms with van der Waals surface area (Å²) in [7, 11) is -3.08. The highest BCUT2D eigenvalue weighted by Gasteiger charge is 2.34. The van der Waals surface area contributed by atoms with Crippen molar-refractivity contribution in [3.8, 4) is 0 Å². The van der Waals surface area contributed by atoms with E-state index in [2.05, 4.69) is 5.32 Å². The molecule has 1 aliphatic heterocycles. The molecule has 1 heterocycles. The number of benzene rings is 2. The molecule has 3 rings (SSSR count). The van der Waals surface area contributed by atoms with Gasteiger partial charge in [-0.2, -0.15) is 0 Å². The first-order valence-corrected chi connectivity index (χ1v) is 11.6. The molecule has 154 valence electrons. The topological polar surface area (TPSA) is 83.6 Å². The molecule has 1 saturated heterocycles. The van der Waals surface area contributed by atoms with Crippen LogP contribution < -0.4 is 5.32 Å². The fourth-order valence-electron chi connectivity index (χ4n) is 3.72. The lowest BCUT2D eigenvalue weighted by Crippen LogP contribution is -2.43. The first kappa shape index (κ1) is 21.0. The molecule has 0 bridgehead atoms. The lowest BCUT2D eigenvalue weighted by Gasteiger charge is -2.29. The van der Waals surface area contributed by atoms with Crippen LogP contribution in [0.2, 0.25) is 0 Å². The van der Waals surface area contributed by atoms with Crippen LogP contribution >= 0.6 is 0 Å². The second-order valence-corrected chi connectivity index (χ2v) is 9.47. The van der Waals surface area contributed by atoms with E-state index < -0.39 is 15.9 Å². The molecule has 0 radical (unpaired) electrons. The Labute approximate surface area is 171 Å². The van der Waals surface area contributed by atoms with Gasteiger partial charge in [0.1, 0.15) is 0 Å². The van der Waals surface area contributed by atoms with Gasteiger partial charge in [0, 0.05) is 18.2 Å². The van der Waals surface area contributed by atoms with E-state index in [9.17, 15) is 18.0 Å². The molecule has 2 amide bonds. The number of hydrogen-bond donors (Lipinski definition) is 1. The summed E-state index contributed by atoms with van der Waals surface area (Å²) >= 11 is 0. The van der Waals surface area contributed by atoms with Crippen molar-refractivity contribution in [1.29, 1.82) is 0 Å². The van der Waals surface area contributed by atoms with Crippen LogP contribution in [0.5, 0.6) is 0 Å².